The Hall–Kier alpha value is -3.65. The first-order valence-electron chi connectivity index (χ1n) is 10.1. The van der Waals surface area contributed by atoms with Gasteiger partial charge in [-0.05, 0) is 66.9 Å². The highest BCUT2D eigenvalue weighted by Gasteiger charge is 2.16. The largest absolute Gasteiger partial charge is 0.493 e. The van der Waals surface area contributed by atoms with Gasteiger partial charge in [-0.15, -0.1) is 0 Å². The molecule has 0 aliphatic carbocycles. The van der Waals surface area contributed by atoms with Crippen molar-refractivity contribution in [1.82, 2.24) is 5.43 Å². The van der Waals surface area contributed by atoms with Gasteiger partial charge in [0.25, 0.3) is 11.8 Å². The Morgan fingerprint density at radius 1 is 0.879 bits per heavy atom. The maximum absolute atomic E-state index is 12.8. The van der Waals surface area contributed by atoms with Crippen molar-refractivity contribution in [3.8, 4) is 11.5 Å². The molecule has 0 aliphatic heterocycles. The molecule has 8 heteroatoms. The Labute approximate surface area is 200 Å². The van der Waals surface area contributed by atoms with Crippen molar-refractivity contribution in [3.05, 3.63) is 86.9 Å². The Kier molecular flexibility index (Phi) is 7.84. The smallest absolute Gasteiger partial charge is 0.273 e. The number of hydrogen-bond acceptors (Lipinski definition) is 5. The minimum atomic E-state index is -0.459. The van der Waals surface area contributed by atoms with E-state index in [9.17, 15) is 9.59 Å². The fourth-order valence-corrected chi connectivity index (χ4v) is 3.42. The van der Waals surface area contributed by atoms with E-state index in [-0.39, 0.29) is 5.56 Å². The number of carbonyl (C=O) groups excluding carboxylic acids is 2. The van der Waals surface area contributed by atoms with Gasteiger partial charge in [0.1, 0.15) is 0 Å². The highest BCUT2D eigenvalue weighted by atomic mass is 79.9. The van der Waals surface area contributed by atoms with Crippen LogP contribution in [0.25, 0.3) is 0 Å². The van der Waals surface area contributed by atoms with Gasteiger partial charge in [0.05, 0.1) is 31.7 Å². The standard InChI is InChI=1S/C25H24BrN3O4/c1-15-5-6-17(11-16(15)2)14-27-29-25(31)20-13-19(26)8-9-21(20)28-24(30)18-7-10-22(32-3)23(12-18)33-4/h5-14H,1-4H3,(H,28,30)(H,29,31)/b27-14+. The van der Waals surface area contributed by atoms with Gasteiger partial charge in [0.15, 0.2) is 11.5 Å². The molecule has 3 aromatic carbocycles. The number of benzene rings is 3. The number of methoxy groups -OCH3 is 2. The molecule has 0 radical (unpaired) electrons. The number of amides is 2. The first kappa shape index (κ1) is 24.0. The highest BCUT2D eigenvalue weighted by molar-refractivity contribution is 9.10. The SMILES string of the molecule is COc1ccc(C(=O)Nc2ccc(Br)cc2C(=O)N/N=C/c2ccc(C)c(C)c2)cc1OC. The summed E-state index contributed by atoms with van der Waals surface area (Å²) in [5.74, 6) is 0.0870. The number of nitrogens with one attached hydrogen (secondary N) is 2. The zero-order valence-electron chi connectivity index (χ0n) is 18.7. The molecule has 7 nitrogen and oxygen atoms in total. The van der Waals surface area contributed by atoms with Gasteiger partial charge in [0.2, 0.25) is 0 Å². The molecule has 0 aromatic heterocycles. The van der Waals surface area contributed by atoms with Crippen LogP contribution in [0.4, 0.5) is 5.69 Å². The summed E-state index contributed by atoms with van der Waals surface area (Å²) in [6.07, 6.45) is 1.57. The summed E-state index contributed by atoms with van der Waals surface area (Å²) in [6, 6.07) is 15.7. The van der Waals surface area contributed by atoms with Crippen molar-refractivity contribution in [1.29, 1.82) is 0 Å². The number of ether oxygens (including phenoxy) is 2. The van der Waals surface area contributed by atoms with E-state index < -0.39 is 11.8 Å². The van der Waals surface area contributed by atoms with Crippen LogP contribution in [0.15, 0.2) is 64.2 Å². The van der Waals surface area contributed by atoms with Crippen LogP contribution in [0, 0.1) is 13.8 Å². The van der Waals surface area contributed by atoms with E-state index in [1.165, 1.54) is 19.8 Å². The highest BCUT2D eigenvalue weighted by Crippen LogP contribution is 2.28. The van der Waals surface area contributed by atoms with Gasteiger partial charge in [-0.25, -0.2) is 5.43 Å². The summed E-state index contributed by atoms with van der Waals surface area (Å²) in [4.78, 5) is 25.6. The molecule has 3 aromatic rings. The molecule has 33 heavy (non-hydrogen) atoms. The van der Waals surface area contributed by atoms with E-state index in [1.807, 2.05) is 32.0 Å². The second-order valence-electron chi connectivity index (χ2n) is 7.26. The predicted molar refractivity (Wildman–Crippen MR) is 133 cm³/mol. The molecule has 170 valence electrons. The van der Waals surface area contributed by atoms with Crippen molar-refractivity contribution in [3.63, 3.8) is 0 Å². The Morgan fingerprint density at radius 3 is 2.33 bits per heavy atom. The van der Waals surface area contributed by atoms with Crippen LogP contribution in [0.5, 0.6) is 11.5 Å². The number of aryl methyl sites for hydroxylation is 2. The summed E-state index contributed by atoms with van der Waals surface area (Å²) in [5.41, 5.74) is 6.66. The van der Waals surface area contributed by atoms with E-state index in [0.717, 1.165) is 11.1 Å². The minimum absolute atomic E-state index is 0.260. The molecule has 0 saturated heterocycles. The molecular formula is C25H24BrN3O4. The summed E-state index contributed by atoms with van der Waals surface area (Å²) in [6.45, 7) is 4.04. The average molecular weight is 510 g/mol. The number of rotatable bonds is 7. The molecule has 0 aliphatic rings. The number of hydrogen-bond donors (Lipinski definition) is 2. The van der Waals surface area contributed by atoms with E-state index >= 15 is 0 Å². The van der Waals surface area contributed by atoms with Crippen LogP contribution in [-0.4, -0.2) is 32.2 Å². The third kappa shape index (κ3) is 5.98. The van der Waals surface area contributed by atoms with Crippen LogP contribution in [0.2, 0.25) is 0 Å². The van der Waals surface area contributed by atoms with Crippen LogP contribution in [0.3, 0.4) is 0 Å². The van der Waals surface area contributed by atoms with Gasteiger partial charge >= 0.3 is 0 Å². The lowest BCUT2D eigenvalue weighted by atomic mass is 10.1. The molecule has 3 rings (SSSR count). The number of carbonyl (C=O) groups is 2. The second-order valence-corrected chi connectivity index (χ2v) is 8.17. The van der Waals surface area contributed by atoms with Gasteiger partial charge in [-0.2, -0.15) is 5.10 Å². The first-order valence-corrected chi connectivity index (χ1v) is 10.8. The third-order valence-electron chi connectivity index (χ3n) is 5.03. The molecule has 2 N–H and O–H groups in total. The lowest BCUT2D eigenvalue weighted by Gasteiger charge is -2.12. The number of hydrazone groups is 1. The maximum atomic E-state index is 12.8. The zero-order chi connectivity index (χ0) is 24.0. The maximum Gasteiger partial charge on any atom is 0.273 e. The summed E-state index contributed by atoms with van der Waals surface area (Å²) < 4.78 is 11.2. The monoisotopic (exact) mass is 509 g/mol. The molecule has 2 amide bonds. The molecule has 0 atom stereocenters. The van der Waals surface area contributed by atoms with E-state index in [2.05, 4.69) is 31.8 Å². The predicted octanol–water partition coefficient (Wildman–Crippen LogP) is 5.10. The van der Waals surface area contributed by atoms with Crippen LogP contribution < -0.4 is 20.2 Å². The van der Waals surface area contributed by atoms with Crippen molar-refractivity contribution in [2.75, 3.05) is 19.5 Å². The normalized spacial score (nSPS) is 10.7. The third-order valence-corrected chi connectivity index (χ3v) is 5.52. The van der Waals surface area contributed by atoms with E-state index in [0.29, 0.717) is 27.2 Å². The molecule has 0 saturated carbocycles. The molecule has 0 bridgehead atoms. The van der Waals surface area contributed by atoms with Gasteiger partial charge in [0, 0.05) is 10.0 Å². The lowest BCUT2D eigenvalue weighted by molar-refractivity contribution is 0.0956. The average Bonchev–Trinajstić information content (AvgIpc) is 2.81. The topological polar surface area (TPSA) is 89.0 Å². The second kappa shape index (κ2) is 10.8. The number of nitrogens with zero attached hydrogens (tertiary/aromatic N) is 1. The van der Waals surface area contributed by atoms with Crippen LogP contribution in [0.1, 0.15) is 37.4 Å². The van der Waals surface area contributed by atoms with Gasteiger partial charge < -0.3 is 14.8 Å². The molecule has 0 spiro atoms. The van der Waals surface area contributed by atoms with Crippen molar-refractivity contribution < 1.29 is 19.1 Å². The van der Waals surface area contributed by atoms with E-state index in [1.54, 1.807) is 42.6 Å². The lowest BCUT2D eigenvalue weighted by Crippen LogP contribution is -2.21. The van der Waals surface area contributed by atoms with Gasteiger partial charge in [-0.1, -0.05) is 34.1 Å². The fraction of sp³-hybridized carbons (Fsp3) is 0.160. The summed E-state index contributed by atoms with van der Waals surface area (Å²) in [5, 5.41) is 6.83. The molecule has 0 heterocycles. The van der Waals surface area contributed by atoms with Crippen molar-refractivity contribution in [2.24, 2.45) is 5.10 Å². The molecule has 0 unspecified atom stereocenters. The minimum Gasteiger partial charge on any atom is -0.493 e. The molecule has 0 fully saturated rings. The van der Waals surface area contributed by atoms with E-state index in [4.69, 9.17) is 9.47 Å². The van der Waals surface area contributed by atoms with Crippen LogP contribution in [-0.2, 0) is 0 Å². The number of halogens is 1. The first-order chi connectivity index (χ1) is 15.8. The fourth-order valence-electron chi connectivity index (χ4n) is 3.06. The van der Waals surface area contributed by atoms with Crippen LogP contribution >= 0.6 is 15.9 Å². The summed E-state index contributed by atoms with van der Waals surface area (Å²) >= 11 is 3.37. The van der Waals surface area contributed by atoms with Gasteiger partial charge in [-0.3, -0.25) is 9.59 Å². The zero-order valence-corrected chi connectivity index (χ0v) is 20.3. The number of anilines is 1. The molecular weight excluding hydrogens is 486 g/mol. The summed E-state index contributed by atoms with van der Waals surface area (Å²) in [7, 11) is 3.02. The Morgan fingerprint density at radius 2 is 1.64 bits per heavy atom. The van der Waals surface area contributed by atoms with Crippen molar-refractivity contribution in [2.45, 2.75) is 13.8 Å². The van der Waals surface area contributed by atoms with Crippen molar-refractivity contribution >= 4 is 39.6 Å². The Bertz CT molecular complexity index is 1220. The Balaban J connectivity index is 1.78. The quantitative estimate of drug-likeness (QED) is 0.342.